The number of aryl methyl sites for hydroxylation is 1. The maximum absolute atomic E-state index is 12.1. The quantitative estimate of drug-likeness (QED) is 0.669. The third-order valence-electron chi connectivity index (χ3n) is 2.60. The molecule has 5 nitrogen and oxygen atoms in total. The molecule has 0 saturated carbocycles. The average molecular weight is 270 g/mol. The van der Waals surface area contributed by atoms with Gasteiger partial charge in [0.15, 0.2) is 0 Å². The minimum Gasteiger partial charge on any atom is -0.267 e. The van der Waals surface area contributed by atoms with Crippen molar-refractivity contribution in [2.45, 2.75) is 6.92 Å². The van der Waals surface area contributed by atoms with Crippen LogP contribution in [-0.2, 0) is 0 Å². The van der Waals surface area contributed by atoms with Crippen LogP contribution in [0.4, 0.5) is 0 Å². The van der Waals surface area contributed by atoms with E-state index in [-0.39, 0.29) is 5.56 Å². The summed E-state index contributed by atoms with van der Waals surface area (Å²) in [7, 11) is 0. The lowest BCUT2D eigenvalue weighted by Crippen LogP contribution is -2.16. The zero-order valence-corrected chi connectivity index (χ0v) is 11.0. The average Bonchev–Trinajstić information content (AvgIpc) is 2.84. The van der Waals surface area contributed by atoms with E-state index < -0.39 is 0 Å². The number of aromatic nitrogens is 3. The summed E-state index contributed by atoms with van der Waals surface area (Å²) in [5.74, 6) is 0. The second-order valence-corrected chi connectivity index (χ2v) is 5.01. The van der Waals surface area contributed by atoms with Crippen LogP contribution in [0.15, 0.2) is 45.9 Å². The monoisotopic (exact) mass is 270 g/mol. The number of nitrogens with zero attached hydrogens (tertiary/aromatic N) is 4. The minimum atomic E-state index is -0.186. The standard InChI is InChI=1S/C13H10N4OS/c1-9-16-10(7-19-9)6-15-17-8-14-12-5-3-2-4-11(12)13(17)18/h2-8H,1H3/b15-6+. The number of fused-ring (bicyclic) bond motifs is 1. The lowest BCUT2D eigenvalue weighted by atomic mass is 10.2. The van der Waals surface area contributed by atoms with Gasteiger partial charge in [0.1, 0.15) is 6.33 Å². The van der Waals surface area contributed by atoms with Crippen molar-refractivity contribution in [3.8, 4) is 0 Å². The van der Waals surface area contributed by atoms with Crippen LogP contribution in [0, 0.1) is 6.92 Å². The summed E-state index contributed by atoms with van der Waals surface area (Å²) < 4.78 is 1.22. The van der Waals surface area contributed by atoms with E-state index in [1.54, 1.807) is 29.7 Å². The number of rotatable bonds is 2. The molecule has 94 valence electrons. The molecule has 0 bridgehead atoms. The lowest BCUT2D eigenvalue weighted by molar-refractivity contribution is 0.816. The maximum Gasteiger partial charge on any atom is 0.281 e. The van der Waals surface area contributed by atoms with E-state index >= 15 is 0 Å². The van der Waals surface area contributed by atoms with Gasteiger partial charge in [-0.3, -0.25) is 4.79 Å². The molecule has 19 heavy (non-hydrogen) atoms. The molecule has 1 aromatic carbocycles. The van der Waals surface area contributed by atoms with Gasteiger partial charge >= 0.3 is 0 Å². The van der Waals surface area contributed by atoms with E-state index in [1.165, 1.54) is 11.0 Å². The number of hydrogen-bond donors (Lipinski definition) is 0. The van der Waals surface area contributed by atoms with Crippen molar-refractivity contribution in [2.75, 3.05) is 0 Å². The number of benzene rings is 1. The van der Waals surface area contributed by atoms with Crippen molar-refractivity contribution < 1.29 is 0 Å². The number of thiazole rings is 1. The highest BCUT2D eigenvalue weighted by Crippen LogP contribution is 2.06. The third kappa shape index (κ3) is 2.30. The molecule has 0 aliphatic carbocycles. The van der Waals surface area contributed by atoms with Crippen LogP contribution in [-0.4, -0.2) is 20.9 Å². The van der Waals surface area contributed by atoms with Gasteiger partial charge in [0.25, 0.3) is 5.56 Å². The molecule has 0 unspecified atom stereocenters. The Morgan fingerprint density at radius 1 is 1.37 bits per heavy atom. The Bertz CT molecular complexity index is 819. The summed E-state index contributed by atoms with van der Waals surface area (Å²) in [6, 6.07) is 7.20. The smallest absolute Gasteiger partial charge is 0.267 e. The van der Waals surface area contributed by atoms with Gasteiger partial charge in [-0.25, -0.2) is 9.97 Å². The first-order valence-electron chi connectivity index (χ1n) is 5.67. The van der Waals surface area contributed by atoms with E-state index in [2.05, 4.69) is 15.1 Å². The molecule has 0 saturated heterocycles. The summed E-state index contributed by atoms with van der Waals surface area (Å²) in [6.07, 6.45) is 2.97. The van der Waals surface area contributed by atoms with Gasteiger partial charge in [-0.1, -0.05) is 12.1 Å². The summed E-state index contributed by atoms with van der Waals surface area (Å²) in [5, 5.41) is 7.50. The van der Waals surface area contributed by atoms with Crippen LogP contribution in [0.3, 0.4) is 0 Å². The number of para-hydroxylation sites is 1. The predicted octanol–water partition coefficient (Wildman–Crippen LogP) is 2.04. The molecule has 0 amide bonds. The Hall–Kier alpha value is -2.34. The fourth-order valence-corrected chi connectivity index (χ4v) is 2.27. The van der Waals surface area contributed by atoms with Crippen LogP contribution < -0.4 is 5.56 Å². The summed E-state index contributed by atoms with van der Waals surface area (Å²) >= 11 is 1.54. The summed E-state index contributed by atoms with van der Waals surface area (Å²) in [6.45, 7) is 1.92. The molecule has 0 fully saturated rings. The highest BCUT2D eigenvalue weighted by Gasteiger charge is 2.01. The Kier molecular flexibility index (Phi) is 2.92. The Labute approximate surface area is 112 Å². The highest BCUT2D eigenvalue weighted by molar-refractivity contribution is 7.09. The zero-order valence-electron chi connectivity index (χ0n) is 10.1. The van der Waals surface area contributed by atoms with Gasteiger partial charge in [-0.05, 0) is 19.1 Å². The van der Waals surface area contributed by atoms with E-state index in [9.17, 15) is 4.79 Å². The van der Waals surface area contributed by atoms with Crippen LogP contribution >= 0.6 is 11.3 Å². The molecule has 0 aliphatic heterocycles. The molecule has 2 heterocycles. The minimum absolute atomic E-state index is 0.186. The SMILES string of the molecule is Cc1nc(/C=N/n2cnc3ccccc3c2=O)cs1. The predicted molar refractivity (Wildman–Crippen MR) is 75.8 cm³/mol. The van der Waals surface area contributed by atoms with E-state index in [4.69, 9.17) is 0 Å². The molecule has 3 rings (SSSR count). The van der Waals surface area contributed by atoms with Crippen molar-refractivity contribution >= 4 is 28.5 Å². The first-order chi connectivity index (χ1) is 9.24. The Morgan fingerprint density at radius 2 is 2.21 bits per heavy atom. The fraction of sp³-hybridized carbons (Fsp3) is 0.0769. The molecule has 0 atom stereocenters. The van der Waals surface area contributed by atoms with Gasteiger partial charge in [-0.2, -0.15) is 9.78 Å². The van der Waals surface area contributed by atoms with Crippen molar-refractivity contribution in [3.05, 3.63) is 57.0 Å². The van der Waals surface area contributed by atoms with Crippen molar-refractivity contribution in [2.24, 2.45) is 5.10 Å². The molecule has 3 aromatic rings. The van der Waals surface area contributed by atoms with Crippen LogP contribution in [0.5, 0.6) is 0 Å². The molecule has 2 aromatic heterocycles. The van der Waals surface area contributed by atoms with Crippen molar-refractivity contribution in [1.82, 2.24) is 14.6 Å². The molecule has 0 radical (unpaired) electrons. The molecule has 0 N–H and O–H groups in total. The molecular formula is C13H10N4OS. The maximum atomic E-state index is 12.1. The third-order valence-corrected chi connectivity index (χ3v) is 3.39. The fourth-order valence-electron chi connectivity index (χ4n) is 1.70. The van der Waals surface area contributed by atoms with Crippen molar-refractivity contribution in [1.29, 1.82) is 0 Å². The zero-order chi connectivity index (χ0) is 13.2. The van der Waals surface area contributed by atoms with Gasteiger partial charge in [0, 0.05) is 5.38 Å². The second-order valence-electron chi connectivity index (χ2n) is 3.95. The Morgan fingerprint density at radius 3 is 3.00 bits per heavy atom. The largest absolute Gasteiger partial charge is 0.281 e. The highest BCUT2D eigenvalue weighted by atomic mass is 32.1. The van der Waals surface area contributed by atoms with E-state index in [1.807, 2.05) is 24.4 Å². The molecule has 6 heteroatoms. The molecule has 0 aliphatic rings. The normalized spacial score (nSPS) is 11.4. The van der Waals surface area contributed by atoms with Gasteiger partial charge < -0.3 is 0 Å². The van der Waals surface area contributed by atoms with E-state index in [0.29, 0.717) is 10.9 Å². The van der Waals surface area contributed by atoms with Gasteiger partial charge in [0.05, 0.1) is 27.8 Å². The topological polar surface area (TPSA) is 60.1 Å². The van der Waals surface area contributed by atoms with Gasteiger partial charge in [-0.15, -0.1) is 11.3 Å². The molecule has 0 spiro atoms. The Balaban J connectivity index is 2.04. The van der Waals surface area contributed by atoms with Crippen LogP contribution in [0.2, 0.25) is 0 Å². The van der Waals surface area contributed by atoms with E-state index in [0.717, 1.165) is 10.7 Å². The first kappa shape index (κ1) is 11.7. The van der Waals surface area contributed by atoms with Crippen LogP contribution in [0.25, 0.3) is 10.9 Å². The molecular weight excluding hydrogens is 260 g/mol. The number of hydrogen-bond acceptors (Lipinski definition) is 5. The summed E-state index contributed by atoms with van der Waals surface area (Å²) in [4.78, 5) is 20.6. The summed E-state index contributed by atoms with van der Waals surface area (Å²) in [5.41, 5.74) is 1.22. The van der Waals surface area contributed by atoms with Gasteiger partial charge in [0.2, 0.25) is 0 Å². The first-order valence-corrected chi connectivity index (χ1v) is 6.55. The lowest BCUT2D eigenvalue weighted by Gasteiger charge is -1.99. The van der Waals surface area contributed by atoms with Crippen LogP contribution in [0.1, 0.15) is 10.7 Å². The second kappa shape index (κ2) is 4.74. The van der Waals surface area contributed by atoms with Crippen molar-refractivity contribution in [3.63, 3.8) is 0 Å².